The van der Waals surface area contributed by atoms with E-state index in [1.54, 1.807) is 31.4 Å². The molecule has 0 aliphatic heterocycles. The largest absolute Gasteiger partial charge is 0.497 e. The van der Waals surface area contributed by atoms with Crippen molar-refractivity contribution in [2.24, 2.45) is 11.8 Å². The zero-order valence-electron chi connectivity index (χ0n) is 29.5. The Kier molecular flexibility index (Phi) is 13.2. The molecule has 16 heteroatoms. The molecular weight excluding hydrogens is 697 g/mol. The average molecular weight is 743 g/mol. The van der Waals surface area contributed by atoms with Crippen molar-refractivity contribution in [3.63, 3.8) is 0 Å². The summed E-state index contributed by atoms with van der Waals surface area (Å²) in [4.78, 5) is 43.5. The van der Waals surface area contributed by atoms with Crippen molar-refractivity contribution < 1.29 is 33.0 Å². The number of anilines is 1. The number of imidazole rings is 1. The Hall–Kier alpha value is -4.51. The summed E-state index contributed by atoms with van der Waals surface area (Å²) in [5, 5.41) is 30.0. The first-order chi connectivity index (χ1) is 24.1. The average Bonchev–Trinajstić information content (AvgIpc) is 3.62. The van der Waals surface area contributed by atoms with Gasteiger partial charge in [0, 0.05) is 25.4 Å². The third-order valence-corrected chi connectivity index (χ3v) is 10.7. The molecule has 0 fully saturated rings. The Morgan fingerprint density at radius 2 is 1.71 bits per heavy atom. The van der Waals surface area contributed by atoms with Crippen LogP contribution in [0.1, 0.15) is 51.9 Å². The SMILES string of the molecule is COc1ccc(S(=O)(=O)N(CC(C)C)C[C@@H](O)[C@H](Cc2ccccc2)NC(=O)[C@H](C(C)C)n2cc(O)n(Cc3csc(NC(C)=O)n3)c2=O)cc1. The van der Waals surface area contributed by atoms with Crippen molar-refractivity contribution >= 4 is 38.3 Å². The molecule has 4 aromatic rings. The molecule has 0 aliphatic carbocycles. The molecule has 0 radical (unpaired) electrons. The van der Waals surface area contributed by atoms with Gasteiger partial charge in [0.25, 0.3) is 0 Å². The van der Waals surface area contributed by atoms with Gasteiger partial charge in [-0.05, 0) is 48.1 Å². The summed E-state index contributed by atoms with van der Waals surface area (Å²) >= 11 is 1.17. The number of nitrogens with one attached hydrogen (secondary N) is 2. The van der Waals surface area contributed by atoms with Gasteiger partial charge in [0.05, 0.1) is 42.6 Å². The van der Waals surface area contributed by atoms with E-state index < -0.39 is 45.7 Å². The fourth-order valence-electron chi connectivity index (χ4n) is 5.66. The lowest BCUT2D eigenvalue weighted by Crippen LogP contribution is -2.53. The molecule has 276 valence electrons. The van der Waals surface area contributed by atoms with Crippen molar-refractivity contribution in [3.05, 3.63) is 87.9 Å². The van der Waals surface area contributed by atoms with E-state index in [0.717, 1.165) is 14.7 Å². The van der Waals surface area contributed by atoms with Gasteiger partial charge in [-0.2, -0.15) is 4.31 Å². The molecule has 4 rings (SSSR count). The first-order valence-corrected chi connectivity index (χ1v) is 18.8. The summed E-state index contributed by atoms with van der Waals surface area (Å²) in [6.07, 6.45) is -0.00800. The number of hydrogen-bond acceptors (Lipinski definition) is 10. The maximum absolute atomic E-state index is 14.1. The zero-order valence-corrected chi connectivity index (χ0v) is 31.1. The highest BCUT2D eigenvalue weighted by Crippen LogP contribution is 2.24. The van der Waals surface area contributed by atoms with Crippen LogP contribution in [0.2, 0.25) is 0 Å². The summed E-state index contributed by atoms with van der Waals surface area (Å²) in [6, 6.07) is 13.1. The smallest absolute Gasteiger partial charge is 0.332 e. The predicted octanol–water partition coefficient (Wildman–Crippen LogP) is 3.46. The summed E-state index contributed by atoms with van der Waals surface area (Å²) in [6.45, 7) is 8.28. The highest BCUT2D eigenvalue weighted by Gasteiger charge is 2.34. The van der Waals surface area contributed by atoms with Crippen molar-refractivity contribution in [2.45, 2.75) is 70.7 Å². The van der Waals surface area contributed by atoms with E-state index in [1.165, 1.54) is 48.0 Å². The normalized spacial score (nSPS) is 13.7. The number of benzene rings is 2. The first kappa shape index (κ1) is 39.3. The van der Waals surface area contributed by atoms with Gasteiger partial charge in [0.1, 0.15) is 11.8 Å². The van der Waals surface area contributed by atoms with Crippen molar-refractivity contribution in [2.75, 3.05) is 25.5 Å². The molecule has 0 bridgehead atoms. The van der Waals surface area contributed by atoms with Gasteiger partial charge in [0.2, 0.25) is 27.7 Å². The van der Waals surface area contributed by atoms with Crippen molar-refractivity contribution in [1.82, 2.24) is 23.7 Å². The summed E-state index contributed by atoms with van der Waals surface area (Å²) < 4.78 is 36.3. The number of amides is 2. The number of aliphatic hydroxyl groups excluding tert-OH is 1. The van der Waals surface area contributed by atoms with E-state index in [9.17, 15) is 33.0 Å². The second-order valence-electron chi connectivity index (χ2n) is 13.0. The third kappa shape index (κ3) is 10.1. The third-order valence-electron chi connectivity index (χ3n) is 8.08. The van der Waals surface area contributed by atoms with Gasteiger partial charge in [-0.1, -0.05) is 58.0 Å². The zero-order chi connectivity index (χ0) is 37.5. The Morgan fingerprint density at radius 1 is 1.04 bits per heavy atom. The van der Waals surface area contributed by atoms with Crippen LogP contribution in [-0.2, 0) is 32.6 Å². The predicted molar refractivity (Wildman–Crippen MR) is 194 cm³/mol. The second kappa shape index (κ2) is 17.1. The Morgan fingerprint density at radius 3 is 2.29 bits per heavy atom. The molecule has 2 heterocycles. The molecule has 51 heavy (non-hydrogen) atoms. The number of thiazole rings is 1. The minimum atomic E-state index is -4.06. The van der Waals surface area contributed by atoms with Crippen LogP contribution in [0.5, 0.6) is 11.6 Å². The Bertz CT molecular complexity index is 1940. The molecule has 0 unspecified atom stereocenters. The van der Waals surface area contributed by atoms with E-state index in [1.807, 2.05) is 44.2 Å². The lowest BCUT2D eigenvalue weighted by Gasteiger charge is -2.32. The number of nitrogens with zero attached hydrogens (tertiary/aromatic N) is 4. The van der Waals surface area contributed by atoms with E-state index in [-0.39, 0.29) is 48.7 Å². The number of carbonyl (C=O) groups excluding carboxylic acids is 2. The summed E-state index contributed by atoms with van der Waals surface area (Å²) in [5.74, 6) is -1.30. The number of hydrogen-bond donors (Lipinski definition) is 4. The topological polar surface area (TPSA) is 185 Å². The van der Waals surface area contributed by atoms with E-state index in [2.05, 4.69) is 15.6 Å². The number of rotatable bonds is 17. The number of methoxy groups -OCH3 is 1. The van der Waals surface area contributed by atoms with E-state index >= 15 is 0 Å². The number of ether oxygens (including phenoxy) is 1. The minimum Gasteiger partial charge on any atom is -0.497 e. The molecule has 0 spiro atoms. The number of aromatic hydroxyl groups is 1. The van der Waals surface area contributed by atoms with E-state index in [4.69, 9.17) is 4.74 Å². The van der Waals surface area contributed by atoms with Gasteiger partial charge >= 0.3 is 5.69 Å². The van der Waals surface area contributed by atoms with Crippen LogP contribution in [0.15, 0.2) is 75.9 Å². The van der Waals surface area contributed by atoms with Gasteiger partial charge in [-0.25, -0.2) is 18.2 Å². The van der Waals surface area contributed by atoms with Gasteiger partial charge < -0.3 is 25.6 Å². The molecule has 14 nitrogen and oxygen atoms in total. The number of aliphatic hydroxyl groups is 1. The van der Waals surface area contributed by atoms with Crippen molar-refractivity contribution in [3.8, 4) is 11.6 Å². The van der Waals surface area contributed by atoms with Gasteiger partial charge in [0.15, 0.2) is 5.13 Å². The maximum Gasteiger partial charge on any atom is 0.332 e. The number of carbonyl (C=O) groups is 2. The van der Waals surface area contributed by atoms with Crippen LogP contribution in [-0.4, -0.2) is 81.2 Å². The highest BCUT2D eigenvalue weighted by molar-refractivity contribution is 7.89. The van der Waals surface area contributed by atoms with Crippen molar-refractivity contribution in [1.29, 1.82) is 0 Å². The molecule has 0 saturated carbocycles. The van der Waals surface area contributed by atoms with Crippen LogP contribution in [0.25, 0.3) is 0 Å². The van der Waals surface area contributed by atoms with Crippen LogP contribution in [0.4, 0.5) is 5.13 Å². The molecular formula is C35H46N6O8S2. The maximum atomic E-state index is 14.1. The standard InChI is InChI=1S/C35H46N6O8S2/c1-22(2)17-39(51(47,48)28-14-12-27(49-6)13-15-28)19-30(43)29(16-25-10-8-7-9-11-25)38-33(45)32(23(3)4)41-20-31(44)40(35(41)46)18-26-21-50-34(37-26)36-24(5)42/h7-15,20-23,29-30,32,43-44H,16-19H2,1-6H3,(H,38,45)(H,36,37,42)/t29-,30+,32-/m0/s1. The van der Waals surface area contributed by atoms with Crippen LogP contribution < -0.4 is 21.1 Å². The minimum absolute atomic E-state index is 0.0346. The monoisotopic (exact) mass is 742 g/mol. The van der Waals surface area contributed by atoms with Gasteiger partial charge in [-0.15, -0.1) is 11.3 Å². The molecule has 2 amide bonds. The van der Waals surface area contributed by atoms with Gasteiger partial charge in [-0.3, -0.25) is 18.7 Å². The molecule has 3 atom stereocenters. The van der Waals surface area contributed by atoms with Crippen LogP contribution in [0, 0.1) is 11.8 Å². The summed E-state index contributed by atoms with van der Waals surface area (Å²) in [7, 11) is -2.57. The number of aromatic nitrogens is 3. The van der Waals surface area contributed by atoms with Crippen LogP contribution >= 0.6 is 11.3 Å². The quantitative estimate of drug-likeness (QED) is 0.126. The lowest BCUT2D eigenvalue weighted by molar-refractivity contribution is -0.127. The molecule has 0 saturated heterocycles. The molecule has 2 aromatic carbocycles. The second-order valence-corrected chi connectivity index (χ2v) is 15.8. The fraction of sp³-hybridized carbons (Fsp3) is 0.429. The van der Waals surface area contributed by atoms with Crippen LogP contribution in [0.3, 0.4) is 0 Å². The number of sulfonamides is 1. The lowest BCUT2D eigenvalue weighted by atomic mass is 9.98. The highest BCUT2D eigenvalue weighted by atomic mass is 32.2. The fourth-order valence-corrected chi connectivity index (χ4v) is 8.03. The first-order valence-electron chi connectivity index (χ1n) is 16.5. The summed E-state index contributed by atoms with van der Waals surface area (Å²) in [5.41, 5.74) is 0.551. The molecule has 4 N–H and O–H groups in total. The molecule has 2 aromatic heterocycles. The van der Waals surface area contributed by atoms with E-state index in [0.29, 0.717) is 16.6 Å². The Balaban J connectivity index is 1.63. The molecule has 0 aliphatic rings. The Labute approximate surface area is 301 Å².